The van der Waals surface area contributed by atoms with Crippen LogP contribution in [-0.4, -0.2) is 11.4 Å². The fourth-order valence-corrected chi connectivity index (χ4v) is 2.08. The molecule has 1 rings (SSSR count). The average molecular weight is 276 g/mol. The van der Waals surface area contributed by atoms with Crippen molar-refractivity contribution in [3.63, 3.8) is 0 Å². The Hall–Kier alpha value is -1.89. The molecule has 0 fully saturated rings. The van der Waals surface area contributed by atoms with Crippen molar-refractivity contribution in [1.29, 1.82) is 5.26 Å². The Balaban J connectivity index is 2.81. The molecule has 0 heterocycles. The molecule has 0 bridgehead atoms. The predicted molar refractivity (Wildman–Crippen MR) is 76.4 cm³/mol. The third-order valence-corrected chi connectivity index (χ3v) is 3.24. The summed E-state index contributed by atoms with van der Waals surface area (Å²) < 4.78 is 13.0. The molecule has 0 radical (unpaired) electrons. The fraction of sp³-hybridized carbons (Fsp3) is 0.500. The molecule has 1 unspecified atom stereocenters. The first kappa shape index (κ1) is 16.2. The molecule has 1 atom stereocenters. The molecule has 0 aliphatic heterocycles. The highest BCUT2D eigenvalue weighted by atomic mass is 19.1. The van der Waals surface area contributed by atoms with Gasteiger partial charge in [-0.2, -0.15) is 5.26 Å². The van der Waals surface area contributed by atoms with Crippen LogP contribution in [0.2, 0.25) is 0 Å². The number of nitrogens with one attached hydrogen (secondary N) is 1. The second-order valence-corrected chi connectivity index (χ2v) is 5.89. The molecule has 1 aromatic carbocycles. The lowest BCUT2D eigenvalue weighted by atomic mass is 9.85. The maximum absolute atomic E-state index is 13.0. The van der Waals surface area contributed by atoms with Gasteiger partial charge in [0.25, 0.3) is 0 Å². The standard InChI is InChI=1S/C16H21FN2O/c1-11(2)14(12-5-7-13(17)8-6-12)9-15(20)19-16(3,4)10-18/h5-8,11,14H,9H2,1-4H3,(H,19,20). The Morgan fingerprint density at radius 3 is 2.35 bits per heavy atom. The van der Waals surface area contributed by atoms with Gasteiger partial charge in [0.05, 0.1) is 6.07 Å². The Labute approximate surface area is 119 Å². The van der Waals surface area contributed by atoms with Gasteiger partial charge < -0.3 is 5.32 Å². The topological polar surface area (TPSA) is 52.9 Å². The molecule has 108 valence electrons. The van der Waals surface area contributed by atoms with E-state index in [1.54, 1.807) is 26.0 Å². The van der Waals surface area contributed by atoms with Crippen LogP contribution in [0.4, 0.5) is 4.39 Å². The number of carbonyl (C=O) groups is 1. The number of nitrogens with zero attached hydrogens (tertiary/aromatic N) is 1. The van der Waals surface area contributed by atoms with Crippen LogP contribution in [0.15, 0.2) is 24.3 Å². The second kappa shape index (κ2) is 6.51. The first-order chi connectivity index (χ1) is 9.25. The Kier molecular flexibility index (Phi) is 5.26. The lowest BCUT2D eigenvalue weighted by Gasteiger charge is -2.24. The number of rotatable bonds is 5. The third kappa shape index (κ3) is 4.65. The number of amides is 1. The highest BCUT2D eigenvalue weighted by Crippen LogP contribution is 2.28. The zero-order valence-corrected chi connectivity index (χ0v) is 12.4. The summed E-state index contributed by atoms with van der Waals surface area (Å²) in [5.74, 6) is -0.201. The summed E-state index contributed by atoms with van der Waals surface area (Å²) in [5.41, 5.74) is 0.0628. The van der Waals surface area contributed by atoms with Crippen molar-refractivity contribution < 1.29 is 9.18 Å². The summed E-state index contributed by atoms with van der Waals surface area (Å²) in [6, 6.07) is 8.27. The van der Waals surface area contributed by atoms with Gasteiger partial charge in [-0.15, -0.1) is 0 Å². The molecule has 3 nitrogen and oxygen atoms in total. The molecule has 0 saturated carbocycles. The van der Waals surface area contributed by atoms with Crippen molar-refractivity contribution in [2.24, 2.45) is 5.92 Å². The van der Waals surface area contributed by atoms with E-state index in [4.69, 9.17) is 5.26 Å². The van der Waals surface area contributed by atoms with Gasteiger partial charge in [0.2, 0.25) is 5.91 Å². The molecule has 1 N–H and O–H groups in total. The first-order valence-corrected chi connectivity index (χ1v) is 6.73. The predicted octanol–water partition coefficient (Wildman–Crippen LogP) is 3.37. The molecular weight excluding hydrogens is 255 g/mol. The fourth-order valence-electron chi connectivity index (χ4n) is 2.08. The molecule has 4 heteroatoms. The van der Waals surface area contributed by atoms with E-state index in [2.05, 4.69) is 5.32 Å². The molecular formula is C16H21FN2O. The minimum atomic E-state index is -0.874. The van der Waals surface area contributed by atoms with Crippen LogP contribution < -0.4 is 5.32 Å². The summed E-state index contributed by atoms with van der Waals surface area (Å²) in [5, 5.41) is 11.6. The molecule has 1 amide bonds. The van der Waals surface area contributed by atoms with Gasteiger partial charge in [-0.05, 0) is 43.4 Å². The molecule has 1 aromatic rings. The second-order valence-electron chi connectivity index (χ2n) is 5.89. The van der Waals surface area contributed by atoms with Crippen LogP contribution >= 0.6 is 0 Å². The highest BCUT2D eigenvalue weighted by Gasteiger charge is 2.24. The van der Waals surface area contributed by atoms with Crippen LogP contribution in [0.3, 0.4) is 0 Å². The van der Waals surface area contributed by atoms with Gasteiger partial charge in [0.15, 0.2) is 0 Å². The van der Waals surface area contributed by atoms with Gasteiger partial charge >= 0.3 is 0 Å². The van der Waals surface area contributed by atoms with Crippen molar-refractivity contribution in [1.82, 2.24) is 5.32 Å². The van der Waals surface area contributed by atoms with E-state index in [-0.39, 0.29) is 30.0 Å². The highest BCUT2D eigenvalue weighted by molar-refractivity contribution is 5.78. The van der Waals surface area contributed by atoms with E-state index < -0.39 is 5.54 Å². The van der Waals surface area contributed by atoms with Crippen molar-refractivity contribution >= 4 is 5.91 Å². The maximum atomic E-state index is 13.0. The molecule has 0 aliphatic carbocycles. The average Bonchev–Trinajstić information content (AvgIpc) is 2.36. The van der Waals surface area contributed by atoms with E-state index in [1.807, 2.05) is 19.9 Å². The monoisotopic (exact) mass is 276 g/mol. The number of hydrogen-bond donors (Lipinski definition) is 1. The third-order valence-electron chi connectivity index (χ3n) is 3.24. The minimum absolute atomic E-state index is 0.00472. The van der Waals surface area contributed by atoms with E-state index >= 15 is 0 Å². The summed E-state index contributed by atoms with van der Waals surface area (Å²) in [6.07, 6.45) is 0.286. The van der Waals surface area contributed by atoms with Crippen molar-refractivity contribution in [3.8, 4) is 6.07 Å². The number of benzene rings is 1. The minimum Gasteiger partial charge on any atom is -0.338 e. The smallest absolute Gasteiger partial charge is 0.221 e. The van der Waals surface area contributed by atoms with Gasteiger partial charge in [-0.25, -0.2) is 4.39 Å². The molecule has 20 heavy (non-hydrogen) atoms. The Morgan fingerprint density at radius 2 is 1.90 bits per heavy atom. The molecule has 0 aliphatic rings. The Bertz CT molecular complexity index is 500. The van der Waals surface area contributed by atoms with Gasteiger partial charge in [0, 0.05) is 6.42 Å². The van der Waals surface area contributed by atoms with E-state index in [1.165, 1.54) is 12.1 Å². The molecule has 0 saturated heterocycles. The SMILES string of the molecule is CC(C)C(CC(=O)NC(C)(C)C#N)c1ccc(F)cc1. The lowest BCUT2D eigenvalue weighted by Crippen LogP contribution is -2.42. The van der Waals surface area contributed by atoms with Gasteiger partial charge in [-0.1, -0.05) is 26.0 Å². The van der Waals surface area contributed by atoms with Crippen LogP contribution in [0.1, 0.15) is 45.6 Å². The van der Waals surface area contributed by atoms with Crippen LogP contribution in [0.25, 0.3) is 0 Å². The molecule has 0 aromatic heterocycles. The number of hydrogen-bond acceptors (Lipinski definition) is 2. The van der Waals surface area contributed by atoms with Crippen molar-refractivity contribution in [2.75, 3.05) is 0 Å². The van der Waals surface area contributed by atoms with E-state index in [0.29, 0.717) is 0 Å². The summed E-state index contributed by atoms with van der Waals surface area (Å²) in [4.78, 5) is 12.0. The molecule has 0 spiro atoms. The maximum Gasteiger partial charge on any atom is 0.221 e. The first-order valence-electron chi connectivity index (χ1n) is 6.73. The van der Waals surface area contributed by atoms with Crippen LogP contribution in [0, 0.1) is 23.1 Å². The zero-order chi connectivity index (χ0) is 15.3. The number of nitriles is 1. The van der Waals surface area contributed by atoms with Gasteiger partial charge in [0.1, 0.15) is 11.4 Å². The van der Waals surface area contributed by atoms with E-state index in [9.17, 15) is 9.18 Å². The summed E-state index contributed by atoms with van der Waals surface area (Å²) in [6.45, 7) is 7.37. The van der Waals surface area contributed by atoms with E-state index in [0.717, 1.165) is 5.56 Å². The van der Waals surface area contributed by atoms with Crippen molar-refractivity contribution in [2.45, 2.75) is 45.6 Å². The largest absolute Gasteiger partial charge is 0.338 e. The number of carbonyl (C=O) groups excluding carboxylic acids is 1. The summed E-state index contributed by atoms with van der Waals surface area (Å²) >= 11 is 0. The zero-order valence-electron chi connectivity index (χ0n) is 12.4. The quantitative estimate of drug-likeness (QED) is 0.896. The lowest BCUT2D eigenvalue weighted by molar-refractivity contribution is -0.122. The normalized spacial score (nSPS) is 12.8. The summed E-state index contributed by atoms with van der Waals surface area (Å²) in [7, 11) is 0. The van der Waals surface area contributed by atoms with Crippen LogP contribution in [-0.2, 0) is 4.79 Å². The van der Waals surface area contributed by atoms with Crippen molar-refractivity contribution in [3.05, 3.63) is 35.6 Å². The Morgan fingerprint density at radius 1 is 1.35 bits per heavy atom. The van der Waals surface area contributed by atoms with Gasteiger partial charge in [-0.3, -0.25) is 4.79 Å². The van der Waals surface area contributed by atoms with Crippen LogP contribution in [0.5, 0.6) is 0 Å². The number of halogens is 1.